The monoisotopic (exact) mass is 466 g/mol. The number of carbonyl (C=O) groups excluding carboxylic acids is 2. The van der Waals surface area contributed by atoms with Gasteiger partial charge in [0.1, 0.15) is 13.2 Å². The number of hydrogen-bond donors (Lipinski definition) is 2. The number of hydrogen-bond acceptors (Lipinski definition) is 8. The molecule has 2 N–H and O–H groups in total. The number of nitrogens with zero attached hydrogens (tertiary/aromatic N) is 2. The van der Waals surface area contributed by atoms with Crippen LogP contribution in [-0.4, -0.2) is 22.0 Å². The van der Waals surface area contributed by atoms with E-state index in [1.807, 2.05) is 0 Å². The molecule has 34 heavy (non-hydrogen) atoms. The maximum atomic E-state index is 12.2. The predicted molar refractivity (Wildman–Crippen MR) is 120 cm³/mol. The van der Waals surface area contributed by atoms with Crippen molar-refractivity contribution >= 4 is 34.9 Å². The van der Waals surface area contributed by atoms with Crippen molar-refractivity contribution < 1.29 is 28.9 Å². The molecular weight excluding hydrogens is 448 g/mol. The largest absolute Gasteiger partial charge is 0.444 e. The Kier molecular flexibility index (Phi) is 7.68. The van der Waals surface area contributed by atoms with Crippen LogP contribution in [0.3, 0.4) is 0 Å². The van der Waals surface area contributed by atoms with Gasteiger partial charge in [-0.25, -0.2) is 9.59 Å². The third kappa shape index (κ3) is 6.26. The molecule has 0 radical (unpaired) electrons. The Balaban J connectivity index is 1.59. The molecule has 174 valence electrons. The molecule has 0 aliphatic carbocycles. The quantitative estimate of drug-likeness (QED) is 0.346. The van der Waals surface area contributed by atoms with Gasteiger partial charge in [0.25, 0.3) is 11.4 Å². The van der Waals surface area contributed by atoms with Gasteiger partial charge in [0.05, 0.1) is 32.3 Å². The van der Waals surface area contributed by atoms with Gasteiger partial charge in [-0.15, -0.1) is 0 Å². The van der Waals surface area contributed by atoms with E-state index in [4.69, 9.17) is 9.47 Å². The van der Waals surface area contributed by atoms with Gasteiger partial charge in [-0.1, -0.05) is 36.4 Å². The maximum absolute atomic E-state index is 12.2. The molecule has 0 aliphatic heterocycles. The Bertz CT molecular complexity index is 1140. The van der Waals surface area contributed by atoms with E-state index >= 15 is 0 Å². The van der Waals surface area contributed by atoms with Crippen LogP contribution in [0.5, 0.6) is 0 Å². The number of para-hydroxylation sites is 4. The fraction of sp³-hybridized carbons (Fsp3) is 0.0909. The zero-order valence-electron chi connectivity index (χ0n) is 17.5. The molecule has 0 saturated carbocycles. The van der Waals surface area contributed by atoms with Gasteiger partial charge in [-0.2, -0.15) is 0 Å². The molecule has 0 unspecified atom stereocenters. The first-order valence-corrected chi connectivity index (χ1v) is 9.76. The lowest BCUT2D eigenvalue weighted by molar-refractivity contribution is -0.386. The van der Waals surface area contributed by atoms with Crippen molar-refractivity contribution in [2.45, 2.75) is 13.2 Å². The highest BCUT2D eigenvalue weighted by molar-refractivity contribution is 5.95. The number of nitro groups is 2. The van der Waals surface area contributed by atoms with E-state index in [0.717, 1.165) is 0 Å². The van der Waals surface area contributed by atoms with E-state index in [-0.39, 0.29) is 47.1 Å². The van der Waals surface area contributed by atoms with E-state index in [1.165, 1.54) is 48.5 Å². The summed E-state index contributed by atoms with van der Waals surface area (Å²) in [5.74, 6) is 0. The first kappa shape index (κ1) is 23.7. The summed E-state index contributed by atoms with van der Waals surface area (Å²) < 4.78 is 10.1. The van der Waals surface area contributed by atoms with E-state index in [0.29, 0.717) is 0 Å². The van der Waals surface area contributed by atoms with Gasteiger partial charge in [-0.3, -0.25) is 30.9 Å². The summed E-state index contributed by atoms with van der Waals surface area (Å²) >= 11 is 0. The number of nitrogens with one attached hydrogen (secondary N) is 2. The average Bonchev–Trinajstić information content (AvgIpc) is 2.83. The van der Waals surface area contributed by atoms with Crippen LogP contribution in [0.4, 0.5) is 32.3 Å². The van der Waals surface area contributed by atoms with Crippen molar-refractivity contribution in [2.24, 2.45) is 0 Å². The predicted octanol–water partition coefficient (Wildman–Crippen LogP) is 5.00. The molecule has 3 rings (SSSR count). The second kappa shape index (κ2) is 11.0. The van der Waals surface area contributed by atoms with E-state index in [1.54, 1.807) is 24.3 Å². The lowest BCUT2D eigenvalue weighted by Gasteiger charge is -2.13. The zero-order valence-corrected chi connectivity index (χ0v) is 17.5. The standard InChI is InChI=1S/C22H18N4O8/c27-21(33-13-15-7-1-5-11-19(15)25(29)30)23-17-9-3-4-10-18(17)24-22(28)34-14-16-8-2-6-12-20(16)26(31)32/h1-12H,13-14H2,(H,23,27)(H,24,28). The SMILES string of the molecule is O=C(Nc1ccccc1NC(=O)OCc1ccccc1[N+](=O)[O-])OCc1ccccc1[N+](=O)[O-]. The van der Waals surface area contributed by atoms with Crippen LogP contribution in [0.25, 0.3) is 0 Å². The van der Waals surface area contributed by atoms with Crippen LogP contribution in [-0.2, 0) is 22.7 Å². The fourth-order valence-corrected chi connectivity index (χ4v) is 2.90. The normalized spacial score (nSPS) is 10.1. The van der Waals surface area contributed by atoms with Crippen molar-refractivity contribution in [1.82, 2.24) is 0 Å². The minimum Gasteiger partial charge on any atom is -0.444 e. The number of carbonyl (C=O) groups is 2. The first-order valence-electron chi connectivity index (χ1n) is 9.76. The number of rotatable bonds is 8. The van der Waals surface area contributed by atoms with Gasteiger partial charge in [-0.05, 0) is 24.3 Å². The molecule has 3 aromatic carbocycles. The minimum absolute atomic E-state index is 0.178. The van der Waals surface area contributed by atoms with Crippen LogP contribution >= 0.6 is 0 Å². The van der Waals surface area contributed by atoms with Crippen molar-refractivity contribution in [3.8, 4) is 0 Å². The van der Waals surface area contributed by atoms with Crippen molar-refractivity contribution in [3.63, 3.8) is 0 Å². The van der Waals surface area contributed by atoms with Crippen LogP contribution < -0.4 is 10.6 Å². The Labute approximate surface area is 192 Å². The summed E-state index contributed by atoms with van der Waals surface area (Å²) in [5, 5.41) is 27.0. The molecule has 0 spiro atoms. The van der Waals surface area contributed by atoms with E-state index in [9.17, 15) is 29.8 Å². The molecule has 12 heteroatoms. The summed E-state index contributed by atoms with van der Waals surface area (Å²) in [7, 11) is 0. The minimum atomic E-state index is -0.902. The Morgan fingerprint density at radius 2 is 1.00 bits per heavy atom. The molecular formula is C22H18N4O8. The topological polar surface area (TPSA) is 163 Å². The van der Waals surface area contributed by atoms with Crippen LogP contribution in [0.1, 0.15) is 11.1 Å². The van der Waals surface area contributed by atoms with Gasteiger partial charge < -0.3 is 9.47 Å². The second-order valence-electron chi connectivity index (χ2n) is 6.72. The van der Waals surface area contributed by atoms with E-state index < -0.39 is 22.0 Å². The summed E-state index contributed by atoms with van der Waals surface area (Å²) in [5.41, 5.74) is 0.424. The fourth-order valence-electron chi connectivity index (χ4n) is 2.90. The van der Waals surface area contributed by atoms with Gasteiger partial charge in [0.2, 0.25) is 0 Å². The summed E-state index contributed by atoms with van der Waals surface area (Å²) in [4.78, 5) is 45.4. The molecule has 3 aromatic rings. The number of ether oxygens (including phenoxy) is 2. The van der Waals surface area contributed by atoms with Crippen LogP contribution in [0, 0.1) is 20.2 Å². The van der Waals surface area contributed by atoms with Gasteiger partial charge >= 0.3 is 12.2 Å². The van der Waals surface area contributed by atoms with Gasteiger partial charge in [0.15, 0.2) is 0 Å². The molecule has 0 heterocycles. The number of anilines is 2. The van der Waals surface area contributed by atoms with Crippen molar-refractivity contribution in [1.29, 1.82) is 0 Å². The Morgan fingerprint density at radius 3 is 1.38 bits per heavy atom. The lowest BCUT2D eigenvalue weighted by Crippen LogP contribution is -2.18. The summed E-state index contributed by atoms with van der Waals surface area (Å²) in [6.07, 6.45) is -1.80. The number of amides is 2. The summed E-state index contributed by atoms with van der Waals surface area (Å²) in [6, 6.07) is 17.9. The number of benzene rings is 3. The molecule has 0 bridgehead atoms. The van der Waals surface area contributed by atoms with Crippen molar-refractivity contribution in [2.75, 3.05) is 10.6 Å². The zero-order chi connectivity index (χ0) is 24.5. The Hall–Kier alpha value is -5.00. The maximum Gasteiger partial charge on any atom is 0.412 e. The molecule has 0 aliphatic rings. The van der Waals surface area contributed by atoms with E-state index in [2.05, 4.69) is 10.6 Å². The lowest BCUT2D eigenvalue weighted by atomic mass is 10.2. The molecule has 0 atom stereocenters. The van der Waals surface area contributed by atoms with Crippen LogP contribution in [0.2, 0.25) is 0 Å². The molecule has 12 nitrogen and oxygen atoms in total. The third-order valence-electron chi connectivity index (χ3n) is 4.49. The smallest absolute Gasteiger partial charge is 0.412 e. The highest BCUT2D eigenvalue weighted by atomic mass is 16.6. The molecule has 0 fully saturated rings. The highest BCUT2D eigenvalue weighted by Crippen LogP contribution is 2.23. The third-order valence-corrected chi connectivity index (χ3v) is 4.49. The first-order chi connectivity index (χ1) is 16.3. The van der Waals surface area contributed by atoms with Gasteiger partial charge in [0, 0.05) is 12.1 Å². The van der Waals surface area contributed by atoms with Crippen molar-refractivity contribution in [3.05, 3.63) is 104 Å². The Morgan fingerprint density at radius 1 is 0.647 bits per heavy atom. The summed E-state index contributed by atoms with van der Waals surface area (Å²) in [6.45, 7) is -0.674. The molecule has 0 saturated heterocycles. The highest BCUT2D eigenvalue weighted by Gasteiger charge is 2.17. The second-order valence-corrected chi connectivity index (χ2v) is 6.72. The molecule has 2 amide bonds. The average molecular weight is 466 g/mol. The molecule has 0 aromatic heterocycles. The van der Waals surface area contributed by atoms with Crippen LogP contribution in [0.15, 0.2) is 72.8 Å². The number of nitro benzene ring substituents is 2.